The van der Waals surface area contributed by atoms with Gasteiger partial charge in [-0.1, -0.05) is 0 Å². The predicted molar refractivity (Wildman–Crippen MR) is 63.1 cm³/mol. The van der Waals surface area contributed by atoms with Crippen LogP contribution < -0.4 is 0 Å². The molecule has 0 aliphatic heterocycles. The van der Waals surface area contributed by atoms with E-state index in [2.05, 4.69) is 10.1 Å². The molecule has 2 aromatic rings. The first-order valence-electron chi connectivity index (χ1n) is 5.78. The summed E-state index contributed by atoms with van der Waals surface area (Å²) < 4.78 is 6.94. The highest BCUT2D eigenvalue weighted by atomic mass is 16.4. The van der Waals surface area contributed by atoms with Crippen LogP contribution in [0.4, 0.5) is 0 Å². The third-order valence-corrected chi connectivity index (χ3v) is 2.63. The van der Waals surface area contributed by atoms with Crippen molar-refractivity contribution in [3.63, 3.8) is 0 Å². The number of carboxylic acids is 1. The Balaban J connectivity index is 1.94. The van der Waals surface area contributed by atoms with Crippen molar-refractivity contribution in [3.8, 4) is 0 Å². The lowest BCUT2D eigenvalue weighted by molar-refractivity contribution is -0.137. The van der Waals surface area contributed by atoms with Crippen LogP contribution in [0.2, 0.25) is 0 Å². The van der Waals surface area contributed by atoms with Crippen molar-refractivity contribution in [2.24, 2.45) is 7.05 Å². The normalized spacial score (nSPS) is 10.7. The molecule has 0 radical (unpaired) electrons. The maximum absolute atomic E-state index is 10.5. The number of carboxylic acid groups (broad SMARTS) is 1. The summed E-state index contributed by atoms with van der Waals surface area (Å²) in [5.74, 6) is 1.49. The van der Waals surface area contributed by atoms with Gasteiger partial charge in [0.05, 0.1) is 12.7 Å². The highest BCUT2D eigenvalue weighted by Gasteiger charge is 2.09. The van der Waals surface area contributed by atoms with Crippen molar-refractivity contribution in [2.45, 2.75) is 25.7 Å². The minimum atomic E-state index is -0.834. The molecule has 0 aromatic carbocycles. The molecule has 0 fully saturated rings. The molecule has 2 aromatic heterocycles. The van der Waals surface area contributed by atoms with Crippen LogP contribution in [0.15, 0.2) is 22.8 Å². The van der Waals surface area contributed by atoms with Gasteiger partial charge in [0, 0.05) is 26.3 Å². The van der Waals surface area contributed by atoms with Gasteiger partial charge in [0.25, 0.3) is 0 Å². The molecule has 6 heteroatoms. The third-order valence-electron chi connectivity index (χ3n) is 2.63. The van der Waals surface area contributed by atoms with Crippen LogP contribution in [-0.2, 0) is 31.1 Å². The summed E-state index contributed by atoms with van der Waals surface area (Å²) in [6.07, 6.45) is 3.55. The summed E-state index contributed by atoms with van der Waals surface area (Å²) in [5, 5.41) is 12.8. The van der Waals surface area contributed by atoms with Crippen LogP contribution in [0, 0.1) is 0 Å². The quantitative estimate of drug-likeness (QED) is 0.832. The van der Waals surface area contributed by atoms with E-state index in [0.717, 1.165) is 24.4 Å². The van der Waals surface area contributed by atoms with E-state index in [4.69, 9.17) is 9.52 Å². The number of aromatic nitrogens is 3. The third kappa shape index (κ3) is 3.19. The first kappa shape index (κ1) is 12.3. The van der Waals surface area contributed by atoms with E-state index >= 15 is 0 Å². The molecule has 0 atom stereocenters. The van der Waals surface area contributed by atoms with Gasteiger partial charge in [-0.2, -0.15) is 5.10 Å². The number of furan rings is 1. The molecular weight excluding hydrogens is 234 g/mol. The molecule has 0 saturated heterocycles. The minimum Gasteiger partial charge on any atom is -0.481 e. The molecule has 0 spiro atoms. The van der Waals surface area contributed by atoms with E-state index < -0.39 is 5.97 Å². The summed E-state index contributed by atoms with van der Waals surface area (Å²) in [4.78, 5) is 14.8. The molecule has 2 heterocycles. The van der Waals surface area contributed by atoms with Gasteiger partial charge in [0.15, 0.2) is 5.82 Å². The molecule has 2 rings (SSSR count). The Bertz CT molecular complexity index is 517. The van der Waals surface area contributed by atoms with Crippen LogP contribution in [0.1, 0.15) is 23.8 Å². The molecule has 0 aliphatic carbocycles. The zero-order chi connectivity index (χ0) is 13.0. The summed E-state index contributed by atoms with van der Waals surface area (Å²) in [5.41, 5.74) is 0. The van der Waals surface area contributed by atoms with Crippen LogP contribution in [0.3, 0.4) is 0 Å². The number of rotatable bonds is 6. The second kappa shape index (κ2) is 5.48. The Morgan fingerprint density at radius 1 is 1.44 bits per heavy atom. The Morgan fingerprint density at radius 3 is 2.94 bits per heavy atom. The number of aliphatic carboxylic acids is 1. The SMILES string of the molecule is Cn1nc(CCC(=O)O)nc1CCc1ccco1. The van der Waals surface area contributed by atoms with Gasteiger partial charge >= 0.3 is 5.97 Å². The number of nitrogens with zero attached hydrogens (tertiary/aromatic N) is 3. The molecule has 0 saturated carbocycles. The van der Waals surface area contributed by atoms with Crippen LogP contribution >= 0.6 is 0 Å². The zero-order valence-corrected chi connectivity index (χ0v) is 10.2. The lowest BCUT2D eigenvalue weighted by atomic mass is 10.2. The van der Waals surface area contributed by atoms with Gasteiger partial charge in [0.2, 0.25) is 0 Å². The molecule has 18 heavy (non-hydrogen) atoms. The van der Waals surface area contributed by atoms with Crippen molar-refractivity contribution < 1.29 is 14.3 Å². The summed E-state index contributed by atoms with van der Waals surface area (Å²) >= 11 is 0. The van der Waals surface area contributed by atoms with Crippen LogP contribution in [0.5, 0.6) is 0 Å². The minimum absolute atomic E-state index is 0.0572. The standard InChI is InChI=1S/C12H15N3O3/c1-15-11(6-4-9-3-2-8-18-9)13-10(14-15)5-7-12(16)17/h2-3,8H,4-7H2,1H3,(H,16,17). The van der Waals surface area contributed by atoms with Gasteiger partial charge in [-0.15, -0.1) is 0 Å². The number of hydrogen-bond donors (Lipinski definition) is 1. The lowest BCUT2D eigenvalue weighted by Crippen LogP contribution is -2.01. The van der Waals surface area contributed by atoms with Crippen molar-refractivity contribution in [1.29, 1.82) is 0 Å². The maximum Gasteiger partial charge on any atom is 0.303 e. The lowest BCUT2D eigenvalue weighted by Gasteiger charge is -1.97. The number of carbonyl (C=O) groups is 1. The Kier molecular flexibility index (Phi) is 3.76. The van der Waals surface area contributed by atoms with E-state index in [1.807, 2.05) is 19.2 Å². The van der Waals surface area contributed by atoms with Gasteiger partial charge in [-0.25, -0.2) is 4.98 Å². The zero-order valence-electron chi connectivity index (χ0n) is 10.2. The summed E-state index contributed by atoms with van der Waals surface area (Å²) in [7, 11) is 1.81. The Morgan fingerprint density at radius 2 is 2.28 bits per heavy atom. The monoisotopic (exact) mass is 249 g/mol. The van der Waals surface area contributed by atoms with E-state index in [0.29, 0.717) is 12.2 Å². The average molecular weight is 249 g/mol. The van der Waals surface area contributed by atoms with Gasteiger partial charge in [-0.05, 0) is 12.1 Å². The van der Waals surface area contributed by atoms with E-state index in [1.54, 1.807) is 10.9 Å². The molecule has 96 valence electrons. The molecule has 0 amide bonds. The van der Waals surface area contributed by atoms with Gasteiger partial charge in [-0.3, -0.25) is 9.48 Å². The summed E-state index contributed by atoms with van der Waals surface area (Å²) in [6, 6.07) is 3.77. The first-order valence-corrected chi connectivity index (χ1v) is 5.78. The van der Waals surface area contributed by atoms with Gasteiger partial charge < -0.3 is 9.52 Å². The predicted octanol–water partition coefficient (Wildman–Crippen LogP) is 1.21. The highest BCUT2D eigenvalue weighted by Crippen LogP contribution is 2.07. The number of aryl methyl sites for hydroxylation is 4. The number of hydrogen-bond acceptors (Lipinski definition) is 4. The molecule has 0 bridgehead atoms. The maximum atomic E-state index is 10.5. The fourth-order valence-corrected chi connectivity index (χ4v) is 1.71. The Hall–Kier alpha value is -2.11. The fraction of sp³-hybridized carbons (Fsp3) is 0.417. The topological polar surface area (TPSA) is 81.2 Å². The largest absolute Gasteiger partial charge is 0.481 e. The van der Waals surface area contributed by atoms with Gasteiger partial charge in [0.1, 0.15) is 11.6 Å². The highest BCUT2D eigenvalue weighted by molar-refractivity contribution is 5.66. The summed E-state index contributed by atoms with van der Waals surface area (Å²) in [6.45, 7) is 0. The van der Waals surface area contributed by atoms with Crippen molar-refractivity contribution >= 4 is 5.97 Å². The molecule has 6 nitrogen and oxygen atoms in total. The second-order valence-electron chi connectivity index (χ2n) is 4.04. The fourth-order valence-electron chi connectivity index (χ4n) is 1.71. The van der Waals surface area contributed by atoms with Crippen molar-refractivity contribution in [1.82, 2.24) is 14.8 Å². The van der Waals surface area contributed by atoms with E-state index in [9.17, 15) is 4.79 Å². The van der Waals surface area contributed by atoms with Crippen molar-refractivity contribution in [2.75, 3.05) is 0 Å². The van der Waals surface area contributed by atoms with Crippen LogP contribution in [0.25, 0.3) is 0 Å². The Labute approximate surface area is 104 Å². The second-order valence-corrected chi connectivity index (χ2v) is 4.04. The smallest absolute Gasteiger partial charge is 0.303 e. The van der Waals surface area contributed by atoms with Crippen molar-refractivity contribution in [3.05, 3.63) is 35.8 Å². The molecule has 1 N–H and O–H groups in total. The van der Waals surface area contributed by atoms with Crippen LogP contribution in [-0.4, -0.2) is 25.8 Å². The molecule has 0 unspecified atom stereocenters. The molecular formula is C12H15N3O3. The van der Waals surface area contributed by atoms with E-state index in [1.165, 1.54) is 0 Å². The average Bonchev–Trinajstić information content (AvgIpc) is 2.93. The van der Waals surface area contributed by atoms with E-state index in [-0.39, 0.29) is 6.42 Å². The molecule has 0 aliphatic rings. The first-order chi connectivity index (χ1) is 8.65.